The minimum atomic E-state index is -0.123. The Hall–Kier alpha value is -1.92. The maximum Gasteiger partial charge on any atom is 0.255 e. The van der Waals surface area contributed by atoms with Crippen molar-refractivity contribution in [2.45, 2.75) is 13.8 Å². The molecule has 0 aliphatic rings. The number of amides is 1. The van der Waals surface area contributed by atoms with Gasteiger partial charge < -0.3 is 15.4 Å². The normalized spacial score (nSPS) is 11.2. The lowest BCUT2D eigenvalue weighted by Gasteiger charge is -2.29. The van der Waals surface area contributed by atoms with Crippen LogP contribution in [0.1, 0.15) is 24.2 Å². The van der Waals surface area contributed by atoms with Crippen molar-refractivity contribution in [2.24, 2.45) is 11.1 Å². The van der Waals surface area contributed by atoms with Crippen LogP contribution in [0.5, 0.6) is 11.6 Å². The van der Waals surface area contributed by atoms with Crippen LogP contribution >= 0.6 is 15.9 Å². The van der Waals surface area contributed by atoms with Crippen LogP contribution < -0.4 is 10.5 Å². The summed E-state index contributed by atoms with van der Waals surface area (Å²) in [5.74, 6) is 1.03. The molecule has 1 amide bonds. The SMILES string of the molecule is CN(CC(C)(C)CN)C(=O)c1ccc(Oc2cccc(Br)c2)nc1. The van der Waals surface area contributed by atoms with Crippen LogP contribution in [0.3, 0.4) is 0 Å². The zero-order valence-electron chi connectivity index (χ0n) is 14.1. The van der Waals surface area contributed by atoms with E-state index in [9.17, 15) is 4.79 Å². The smallest absolute Gasteiger partial charge is 0.255 e. The summed E-state index contributed by atoms with van der Waals surface area (Å²) in [5, 5.41) is 0. The Kier molecular flexibility index (Phi) is 5.96. The molecular formula is C18H22BrN3O2. The first-order valence-corrected chi connectivity index (χ1v) is 8.45. The molecule has 2 aromatic rings. The summed E-state index contributed by atoms with van der Waals surface area (Å²) in [6.45, 7) is 5.16. The minimum absolute atomic E-state index is 0.0852. The molecule has 24 heavy (non-hydrogen) atoms. The maximum absolute atomic E-state index is 12.5. The van der Waals surface area contributed by atoms with E-state index in [0.29, 0.717) is 30.3 Å². The number of benzene rings is 1. The number of nitrogens with two attached hydrogens (primary N) is 1. The highest BCUT2D eigenvalue weighted by molar-refractivity contribution is 9.10. The van der Waals surface area contributed by atoms with Gasteiger partial charge in [0.15, 0.2) is 0 Å². The van der Waals surface area contributed by atoms with Crippen molar-refractivity contribution < 1.29 is 9.53 Å². The first-order valence-electron chi connectivity index (χ1n) is 7.66. The number of aromatic nitrogens is 1. The standard InChI is InChI=1S/C18H22BrN3O2/c1-18(2,11-20)12-22(3)17(23)13-7-8-16(21-10-13)24-15-6-4-5-14(19)9-15/h4-10H,11-12,20H2,1-3H3. The molecule has 0 saturated carbocycles. The van der Waals surface area contributed by atoms with Gasteiger partial charge in [0.2, 0.25) is 5.88 Å². The summed E-state index contributed by atoms with van der Waals surface area (Å²) in [7, 11) is 1.77. The van der Waals surface area contributed by atoms with Crippen molar-refractivity contribution in [1.82, 2.24) is 9.88 Å². The lowest BCUT2D eigenvalue weighted by atomic mass is 9.93. The van der Waals surface area contributed by atoms with Gasteiger partial charge in [-0.15, -0.1) is 0 Å². The number of ether oxygens (including phenoxy) is 1. The molecule has 2 N–H and O–H groups in total. The van der Waals surface area contributed by atoms with Gasteiger partial charge >= 0.3 is 0 Å². The van der Waals surface area contributed by atoms with Crippen molar-refractivity contribution in [1.29, 1.82) is 0 Å². The van der Waals surface area contributed by atoms with E-state index in [2.05, 4.69) is 20.9 Å². The van der Waals surface area contributed by atoms with E-state index in [1.807, 2.05) is 38.1 Å². The predicted octanol–water partition coefficient (Wildman–Crippen LogP) is 3.69. The lowest BCUT2D eigenvalue weighted by Crippen LogP contribution is -2.39. The number of carbonyl (C=O) groups excluding carboxylic acids is 1. The van der Waals surface area contributed by atoms with E-state index < -0.39 is 0 Å². The second-order valence-corrected chi connectivity index (χ2v) is 7.39. The molecule has 0 saturated heterocycles. The topological polar surface area (TPSA) is 68.5 Å². The van der Waals surface area contributed by atoms with Crippen LogP contribution in [0, 0.1) is 5.41 Å². The molecule has 0 aliphatic carbocycles. The Balaban J connectivity index is 2.04. The zero-order chi connectivity index (χ0) is 17.7. The number of nitrogens with zero attached hydrogens (tertiary/aromatic N) is 2. The monoisotopic (exact) mass is 391 g/mol. The van der Waals surface area contributed by atoms with E-state index in [4.69, 9.17) is 10.5 Å². The lowest BCUT2D eigenvalue weighted by molar-refractivity contribution is 0.0740. The van der Waals surface area contributed by atoms with Gasteiger partial charge in [0.05, 0.1) is 5.56 Å². The summed E-state index contributed by atoms with van der Waals surface area (Å²) >= 11 is 3.39. The van der Waals surface area contributed by atoms with E-state index >= 15 is 0 Å². The van der Waals surface area contributed by atoms with Gasteiger partial charge in [-0.3, -0.25) is 4.79 Å². The van der Waals surface area contributed by atoms with Crippen molar-refractivity contribution in [3.8, 4) is 11.6 Å². The molecule has 0 bridgehead atoms. The fourth-order valence-corrected chi connectivity index (χ4v) is 2.60. The van der Waals surface area contributed by atoms with Crippen LogP contribution in [-0.4, -0.2) is 35.9 Å². The van der Waals surface area contributed by atoms with Gasteiger partial charge in [0.25, 0.3) is 5.91 Å². The largest absolute Gasteiger partial charge is 0.439 e. The Bertz CT molecular complexity index is 702. The Morgan fingerprint density at radius 3 is 2.67 bits per heavy atom. The summed E-state index contributed by atoms with van der Waals surface area (Å²) in [6.07, 6.45) is 1.53. The average Bonchev–Trinajstić information content (AvgIpc) is 2.54. The van der Waals surface area contributed by atoms with Gasteiger partial charge in [-0.05, 0) is 36.2 Å². The zero-order valence-corrected chi connectivity index (χ0v) is 15.7. The quantitative estimate of drug-likeness (QED) is 0.814. The molecule has 1 aromatic heterocycles. The third-order valence-electron chi connectivity index (χ3n) is 3.57. The third-order valence-corrected chi connectivity index (χ3v) is 4.06. The first-order chi connectivity index (χ1) is 11.3. The minimum Gasteiger partial charge on any atom is -0.439 e. The molecule has 0 radical (unpaired) electrons. The van der Waals surface area contributed by atoms with E-state index in [1.54, 1.807) is 24.1 Å². The predicted molar refractivity (Wildman–Crippen MR) is 98.2 cm³/mol. The molecule has 6 heteroatoms. The second kappa shape index (κ2) is 7.77. The highest BCUT2D eigenvalue weighted by atomic mass is 79.9. The van der Waals surface area contributed by atoms with Crippen LogP contribution in [0.2, 0.25) is 0 Å². The first kappa shape index (κ1) is 18.4. The number of pyridine rings is 1. The number of hydrogen-bond donors (Lipinski definition) is 1. The van der Waals surface area contributed by atoms with Crippen molar-refractivity contribution in [3.63, 3.8) is 0 Å². The molecule has 2 rings (SSSR count). The Labute approximate surface area is 151 Å². The number of halogens is 1. The van der Waals surface area contributed by atoms with E-state index in [0.717, 1.165) is 4.47 Å². The summed E-state index contributed by atoms with van der Waals surface area (Å²) in [4.78, 5) is 18.3. The summed E-state index contributed by atoms with van der Waals surface area (Å²) in [6, 6.07) is 10.9. The van der Waals surface area contributed by atoms with E-state index in [-0.39, 0.29) is 11.3 Å². The van der Waals surface area contributed by atoms with Gasteiger partial charge in [-0.25, -0.2) is 4.98 Å². The van der Waals surface area contributed by atoms with Gasteiger partial charge in [-0.2, -0.15) is 0 Å². The molecule has 1 aromatic carbocycles. The van der Waals surface area contributed by atoms with Gasteiger partial charge in [0, 0.05) is 30.3 Å². The van der Waals surface area contributed by atoms with Crippen LogP contribution in [0.15, 0.2) is 47.1 Å². The Morgan fingerprint density at radius 1 is 1.33 bits per heavy atom. The molecule has 0 unspecified atom stereocenters. The fourth-order valence-electron chi connectivity index (χ4n) is 2.22. The number of hydrogen-bond acceptors (Lipinski definition) is 4. The highest BCUT2D eigenvalue weighted by Crippen LogP contribution is 2.23. The summed E-state index contributed by atoms with van der Waals surface area (Å²) < 4.78 is 6.60. The van der Waals surface area contributed by atoms with Crippen molar-refractivity contribution in [3.05, 3.63) is 52.6 Å². The maximum atomic E-state index is 12.5. The molecule has 0 atom stereocenters. The molecular weight excluding hydrogens is 370 g/mol. The highest BCUT2D eigenvalue weighted by Gasteiger charge is 2.22. The molecule has 0 aliphatic heterocycles. The third kappa shape index (κ3) is 5.04. The number of carbonyl (C=O) groups is 1. The molecule has 128 valence electrons. The molecule has 0 spiro atoms. The molecule has 5 nitrogen and oxygen atoms in total. The average molecular weight is 392 g/mol. The van der Waals surface area contributed by atoms with E-state index in [1.165, 1.54) is 6.20 Å². The number of rotatable bonds is 6. The van der Waals surface area contributed by atoms with Gasteiger partial charge in [0.1, 0.15) is 5.75 Å². The molecule has 0 fully saturated rings. The Morgan fingerprint density at radius 2 is 2.08 bits per heavy atom. The second-order valence-electron chi connectivity index (χ2n) is 6.47. The van der Waals surface area contributed by atoms with Crippen LogP contribution in [0.25, 0.3) is 0 Å². The fraction of sp³-hybridized carbons (Fsp3) is 0.333. The summed E-state index contributed by atoms with van der Waals surface area (Å²) in [5.41, 5.74) is 6.12. The molecule has 1 heterocycles. The van der Waals surface area contributed by atoms with Crippen molar-refractivity contribution >= 4 is 21.8 Å². The van der Waals surface area contributed by atoms with Crippen LogP contribution in [0.4, 0.5) is 0 Å². The van der Waals surface area contributed by atoms with Crippen molar-refractivity contribution in [2.75, 3.05) is 20.1 Å². The van der Waals surface area contributed by atoms with Gasteiger partial charge in [-0.1, -0.05) is 35.8 Å². The van der Waals surface area contributed by atoms with Crippen LogP contribution in [-0.2, 0) is 0 Å².